The van der Waals surface area contributed by atoms with Gasteiger partial charge < -0.3 is 29.3 Å². The van der Waals surface area contributed by atoms with E-state index in [2.05, 4.69) is 79.1 Å². The standard InChI is InChI=1S/C46H77O11P/c1-3-5-6-7-8-9-10-11-13-17-20-23-26-29-32-35-45(49)53-39-42(40-55-58(51,52)54-38-41(48)37-47)56-46(50)36-33-30-27-24-21-18-15-12-14-16-19-22-25-28-31-34-44-43(4-2)57-44/h11-14,18-19,21-22,27-28,30-31,41-44,47-48H,3-10,15-17,20,23-26,29,32-40H2,1-2H3,(H,51,52)/b13-11-,14-12-,21-18-,22-19-,30-27-,31-28-. The molecular weight excluding hydrogens is 759 g/mol. The normalized spacial score (nSPS) is 18.0. The Morgan fingerprint density at radius 2 is 1.14 bits per heavy atom. The number of esters is 2. The Hall–Kier alpha value is -2.63. The van der Waals surface area contributed by atoms with Crippen molar-refractivity contribution < 1.29 is 52.5 Å². The van der Waals surface area contributed by atoms with E-state index < -0.39 is 51.8 Å². The second kappa shape index (κ2) is 37.4. The van der Waals surface area contributed by atoms with Gasteiger partial charge in [0, 0.05) is 12.8 Å². The Bertz CT molecular complexity index is 1260. The van der Waals surface area contributed by atoms with Crippen molar-refractivity contribution >= 4 is 19.8 Å². The van der Waals surface area contributed by atoms with Crippen LogP contribution in [0.4, 0.5) is 0 Å². The van der Waals surface area contributed by atoms with Crippen LogP contribution < -0.4 is 0 Å². The van der Waals surface area contributed by atoms with Crippen molar-refractivity contribution in [2.45, 2.75) is 180 Å². The van der Waals surface area contributed by atoms with Crippen LogP contribution in [-0.2, 0) is 37.4 Å². The minimum absolute atomic E-state index is 0.0514. The van der Waals surface area contributed by atoms with Crippen molar-refractivity contribution in [3.63, 3.8) is 0 Å². The Kier molecular flexibility index (Phi) is 34.4. The first kappa shape index (κ1) is 53.4. The smallest absolute Gasteiger partial charge is 0.462 e. The third-order valence-electron chi connectivity index (χ3n) is 9.33. The number of unbranched alkanes of at least 4 members (excludes halogenated alkanes) is 11. The van der Waals surface area contributed by atoms with Gasteiger partial charge in [-0.1, -0.05) is 138 Å². The van der Waals surface area contributed by atoms with E-state index >= 15 is 0 Å². The molecule has 5 unspecified atom stereocenters. The highest BCUT2D eigenvalue weighted by atomic mass is 31.2. The summed E-state index contributed by atoms with van der Waals surface area (Å²) < 4.78 is 38.1. The summed E-state index contributed by atoms with van der Waals surface area (Å²) in [6.07, 6.45) is 45.0. The van der Waals surface area contributed by atoms with Crippen LogP contribution in [0, 0.1) is 0 Å². The molecule has 3 N–H and O–H groups in total. The second-order valence-corrected chi connectivity index (χ2v) is 16.2. The van der Waals surface area contributed by atoms with Gasteiger partial charge in [-0.3, -0.25) is 18.6 Å². The van der Waals surface area contributed by atoms with E-state index in [-0.39, 0.29) is 19.4 Å². The highest BCUT2D eigenvalue weighted by molar-refractivity contribution is 7.47. The lowest BCUT2D eigenvalue weighted by Crippen LogP contribution is -2.29. The number of hydrogen-bond donors (Lipinski definition) is 3. The highest BCUT2D eigenvalue weighted by Crippen LogP contribution is 2.43. The average Bonchev–Trinajstić information content (AvgIpc) is 3.99. The van der Waals surface area contributed by atoms with Crippen molar-refractivity contribution in [3.05, 3.63) is 72.9 Å². The van der Waals surface area contributed by atoms with Gasteiger partial charge in [-0.15, -0.1) is 0 Å². The van der Waals surface area contributed by atoms with E-state index in [0.29, 0.717) is 25.0 Å². The average molecular weight is 837 g/mol. The number of carbonyl (C=O) groups excluding carboxylic acids is 2. The van der Waals surface area contributed by atoms with Gasteiger partial charge in [0.1, 0.15) is 12.7 Å². The molecule has 58 heavy (non-hydrogen) atoms. The summed E-state index contributed by atoms with van der Waals surface area (Å²) in [5.74, 6) is -1.04. The van der Waals surface area contributed by atoms with Crippen molar-refractivity contribution in [1.82, 2.24) is 0 Å². The number of ether oxygens (including phenoxy) is 3. The predicted molar refractivity (Wildman–Crippen MR) is 232 cm³/mol. The van der Waals surface area contributed by atoms with E-state index in [0.717, 1.165) is 77.0 Å². The fraction of sp³-hybridized carbons (Fsp3) is 0.696. The molecule has 11 nitrogen and oxygen atoms in total. The molecule has 0 amide bonds. The summed E-state index contributed by atoms with van der Waals surface area (Å²) in [5, 5.41) is 18.3. The third kappa shape index (κ3) is 34.3. The van der Waals surface area contributed by atoms with Crippen molar-refractivity contribution in [2.75, 3.05) is 26.4 Å². The lowest BCUT2D eigenvalue weighted by molar-refractivity contribution is -0.161. The van der Waals surface area contributed by atoms with Crippen LogP contribution in [-0.4, -0.2) is 77.9 Å². The predicted octanol–water partition coefficient (Wildman–Crippen LogP) is 10.7. The van der Waals surface area contributed by atoms with E-state index in [4.69, 9.17) is 23.8 Å². The van der Waals surface area contributed by atoms with Crippen LogP contribution in [0.1, 0.15) is 155 Å². The molecule has 1 aliphatic heterocycles. The Morgan fingerprint density at radius 3 is 1.71 bits per heavy atom. The molecule has 0 spiro atoms. The zero-order chi connectivity index (χ0) is 42.4. The number of aliphatic hydroxyl groups is 2. The number of rotatable bonds is 39. The van der Waals surface area contributed by atoms with Crippen molar-refractivity contribution in [3.8, 4) is 0 Å². The number of phosphoric acid groups is 1. The molecule has 1 fully saturated rings. The molecule has 1 heterocycles. The van der Waals surface area contributed by atoms with Crippen molar-refractivity contribution in [2.24, 2.45) is 0 Å². The molecule has 1 aliphatic rings. The molecule has 0 aromatic heterocycles. The fourth-order valence-corrected chi connectivity index (χ4v) is 6.58. The number of aliphatic hydroxyl groups excluding tert-OH is 2. The molecule has 5 atom stereocenters. The maximum Gasteiger partial charge on any atom is 0.472 e. The first-order valence-corrected chi connectivity index (χ1v) is 23.5. The largest absolute Gasteiger partial charge is 0.472 e. The Labute approximate surface area is 350 Å². The molecule has 12 heteroatoms. The molecule has 0 aromatic rings. The minimum atomic E-state index is -4.65. The van der Waals surface area contributed by atoms with Crippen LogP contribution in [0.15, 0.2) is 72.9 Å². The highest BCUT2D eigenvalue weighted by Gasteiger charge is 2.35. The summed E-state index contributed by atoms with van der Waals surface area (Å²) in [7, 11) is -4.65. The van der Waals surface area contributed by atoms with Crippen molar-refractivity contribution in [1.29, 1.82) is 0 Å². The van der Waals surface area contributed by atoms with E-state index in [1.165, 1.54) is 38.5 Å². The zero-order valence-electron chi connectivity index (χ0n) is 35.7. The number of allylic oxidation sites excluding steroid dienone is 11. The maximum atomic E-state index is 12.6. The van der Waals surface area contributed by atoms with Gasteiger partial charge in [-0.25, -0.2) is 4.57 Å². The van der Waals surface area contributed by atoms with Gasteiger partial charge in [-0.05, 0) is 77.0 Å². The summed E-state index contributed by atoms with van der Waals surface area (Å²) in [4.78, 5) is 35.0. The maximum absolute atomic E-state index is 12.6. The van der Waals surface area contributed by atoms with E-state index in [1.54, 1.807) is 0 Å². The van der Waals surface area contributed by atoms with Gasteiger partial charge in [0.2, 0.25) is 0 Å². The molecule has 0 bridgehead atoms. The molecule has 0 aliphatic carbocycles. The van der Waals surface area contributed by atoms with Crippen LogP contribution in [0.5, 0.6) is 0 Å². The molecule has 1 rings (SSSR count). The molecule has 332 valence electrons. The minimum Gasteiger partial charge on any atom is -0.462 e. The molecule has 1 saturated heterocycles. The first-order valence-electron chi connectivity index (χ1n) is 22.0. The first-order chi connectivity index (χ1) is 28.2. The number of epoxide rings is 1. The zero-order valence-corrected chi connectivity index (χ0v) is 36.6. The monoisotopic (exact) mass is 837 g/mol. The van der Waals surface area contributed by atoms with Gasteiger partial charge in [0.05, 0.1) is 32.0 Å². The molecule has 0 saturated carbocycles. The number of carbonyl (C=O) groups is 2. The van der Waals surface area contributed by atoms with Gasteiger partial charge in [-0.2, -0.15) is 0 Å². The quantitative estimate of drug-likeness (QED) is 0.0178. The molecular formula is C46H77O11P. The summed E-state index contributed by atoms with van der Waals surface area (Å²) >= 11 is 0. The number of hydrogen-bond acceptors (Lipinski definition) is 10. The van der Waals surface area contributed by atoms with Crippen LogP contribution in [0.25, 0.3) is 0 Å². The third-order valence-corrected chi connectivity index (χ3v) is 10.3. The topological polar surface area (TPSA) is 161 Å². The van der Waals surface area contributed by atoms with Crippen LogP contribution in [0.3, 0.4) is 0 Å². The van der Waals surface area contributed by atoms with Gasteiger partial charge >= 0.3 is 19.8 Å². The van der Waals surface area contributed by atoms with E-state index in [9.17, 15) is 24.2 Å². The van der Waals surface area contributed by atoms with Gasteiger partial charge in [0.25, 0.3) is 0 Å². The molecule has 0 aromatic carbocycles. The molecule has 0 radical (unpaired) electrons. The second-order valence-electron chi connectivity index (χ2n) is 14.7. The SMILES string of the molecule is CCCCCCCC/C=C\CCCCCCCC(=O)OCC(COP(=O)(O)OCC(O)CO)OC(=O)CC/C=C\C/C=C\C/C=C\C/C=C\C/C=C\CC1OC1CC. The lowest BCUT2D eigenvalue weighted by Gasteiger charge is -2.20. The Balaban J connectivity index is 2.30. The van der Waals surface area contributed by atoms with E-state index in [1.807, 2.05) is 12.2 Å². The lowest BCUT2D eigenvalue weighted by atomic mass is 10.1. The summed E-state index contributed by atoms with van der Waals surface area (Å²) in [6.45, 7) is 2.17. The fourth-order valence-electron chi connectivity index (χ4n) is 5.79. The van der Waals surface area contributed by atoms with Crippen LogP contribution in [0.2, 0.25) is 0 Å². The Morgan fingerprint density at radius 1 is 0.621 bits per heavy atom. The number of phosphoric ester groups is 1. The summed E-state index contributed by atoms with van der Waals surface area (Å²) in [5.41, 5.74) is 0. The summed E-state index contributed by atoms with van der Waals surface area (Å²) in [6, 6.07) is 0. The van der Waals surface area contributed by atoms with Crippen LogP contribution >= 0.6 is 7.82 Å². The van der Waals surface area contributed by atoms with Gasteiger partial charge in [0.15, 0.2) is 6.10 Å².